The van der Waals surface area contributed by atoms with Crippen molar-refractivity contribution >= 4 is 21.4 Å². The van der Waals surface area contributed by atoms with Crippen LogP contribution in [-0.2, 0) is 16.6 Å². The van der Waals surface area contributed by atoms with Gasteiger partial charge in [-0.2, -0.15) is 0 Å². The van der Waals surface area contributed by atoms with Gasteiger partial charge in [0.2, 0.25) is 5.03 Å². The third kappa shape index (κ3) is 2.87. The van der Waals surface area contributed by atoms with Gasteiger partial charge in [0, 0.05) is 17.6 Å². The molecule has 2 aromatic heterocycles. The Labute approximate surface area is 102 Å². The number of sulfonamides is 1. The number of hydrogen-bond acceptors (Lipinski definition) is 4. The van der Waals surface area contributed by atoms with Gasteiger partial charge in [0.1, 0.15) is 0 Å². The lowest BCUT2D eigenvalue weighted by Gasteiger charge is -2.05. The number of rotatable bonds is 4. The van der Waals surface area contributed by atoms with Crippen molar-refractivity contribution in [2.24, 2.45) is 0 Å². The minimum Gasteiger partial charge on any atom is -0.241 e. The third-order valence-corrected chi connectivity index (χ3v) is 4.21. The molecule has 2 rings (SSSR count). The number of nitrogens with zero attached hydrogens (tertiary/aromatic N) is 1. The minimum atomic E-state index is -3.90. The van der Waals surface area contributed by atoms with E-state index in [0.717, 1.165) is 10.9 Å². The van der Waals surface area contributed by atoms with Gasteiger partial charge in [-0.15, -0.1) is 11.3 Å². The fourth-order valence-electron chi connectivity index (χ4n) is 1.22. The van der Waals surface area contributed by atoms with Crippen LogP contribution in [0.2, 0.25) is 0 Å². The highest BCUT2D eigenvalue weighted by Crippen LogP contribution is 2.12. The zero-order valence-electron chi connectivity index (χ0n) is 8.63. The molecule has 0 aliphatic heterocycles. The van der Waals surface area contributed by atoms with Crippen molar-refractivity contribution in [3.05, 3.63) is 46.5 Å². The van der Waals surface area contributed by atoms with E-state index in [1.54, 1.807) is 6.07 Å². The van der Waals surface area contributed by atoms with Crippen LogP contribution < -0.4 is 4.72 Å². The molecule has 4 nitrogen and oxygen atoms in total. The monoisotopic (exact) mass is 272 g/mol. The van der Waals surface area contributed by atoms with E-state index in [9.17, 15) is 12.8 Å². The molecule has 2 aromatic rings. The maximum absolute atomic E-state index is 13.3. The van der Waals surface area contributed by atoms with Crippen LogP contribution in [-0.4, -0.2) is 13.4 Å². The first kappa shape index (κ1) is 12.2. The van der Waals surface area contributed by atoms with E-state index in [0.29, 0.717) is 0 Å². The van der Waals surface area contributed by atoms with Gasteiger partial charge < -0.3 is 0 Å². The van der Waals surface area contributed by atoms with Crippen LogP contribution in [0.3, 0.4) is 0 Å². The van der Waals surface area contributed by atoms with Gasteiger partial charge >= 0.3 is 0 Å². The van der Waals surface area contributed by atoms with Crippen LogP contribution >= 0.6 is 11.3 Å². The Kier molecular flexibility index (Phi) is 3.51. The summed E-state index contributed by atoms with van der Waals surface area (Å²) in [5.74, 6) is -0.855. The fourth-order valence-corrected chi connectivity index (χ4v) is 2.96. The Morgan fingerprint density at radius 2 is 2.18 bits per heavy atom. The van der Waals surface area contributed by atoms with E-state index in [4.69, 9.17) is 0 Å². The van der Waals surface area contributed by atoms with Gasteiger partial charge in [0.15, 0.2) is 5.82 Å². The molecule has 0 unspecified atom stereocenters. The van der Waals surface area contributed by atoms with Crippen molar-refractivity contribution in [3.8, 4) is 0 Å². The first-order valence-electron chi connectivity index (χ1n) is 4.72. The molecule has 0 aromatic carbocycles. The van der Waals surface area contributed by atoms with Crippen LogP contribution in [0.15, 0.2) is 40.9 Å². The predicted molar refractivity (Wildman–Crippen MR) is 62.5 cm³/mol. The topological polar surface area (TPSA) is 59.1 Å². The highest BCUT2D eigenvalue weighted by molar-refractivity contribution is 7.89. The molecule has 0 amide bonds. The molecule has 0 aliphatic carbocycles. The summed E-state index contributed by atoms with van der Waals surface area (Å²) < 4.78 is 39.0. The first-order valence-corrected chi connectivity index (χ1v) is 7.08. The predicted octanol–water partition coefficient (Wildman–Crippen LogP) is 1.76. The van der Waals surface area contributed by atoms with Crippen molar-refractivity contribution in [3.63, 3.8) is 0 Å². The summed E-state index contributed by atoms with van der Waals surface area (Å²) in [7, 11) is -3.90. The molecule has 0 saturated heterocycles. The number of hydrogen-bond donors (Lipinski definition) is 1. The van der Waals surface area contributed by atoms with E-state index < -0.39 is 20.9 Å². The molecule has 0 atom stereocenters. The molecule has 0 aliphatic rings. The summed E-state index contributed by atoms with van der Waals surface area (Å²) in [6.07, 6.45) is 1.24. The second-order valence-corrected chi connectivity index (χ2v) is 5.91. The Balaban J connectivity index is 2.17. The molecular formula is C10H9FN2O2S2. The standard InChI is InChI=1S/C10H9FN2O2S2/c11-9-4-1-5-12-10(9)17(14,15)13-7-8-3-2-6-16-8/h1-6,13H,7H2. The normalized spacial score (nSPS) is 11.6. The van der Waals surface area contributed by atoms with Crippen LogP contribution in [0, 0.1) is 5.82 Å². The number of aromatic nitrogens is 1. The van der Waals surface area contributed by atoms with E-state index in [1.807, 2.05) is 11.4 Å². The zero-order valence-corrected chi connectivity index (χ0v) is 10.3. The van der Waals surface area contributed by atoms with Crippen molar-refractivity contribution < 1.29 is 12.8 Å². The van der Waals surface area contributed by atoms with E-state index in [-0.39, 0.29) is 6.54 Å². The molecule has 0 fully saturated rings. The summed E-state index contributed by atoms with van der Waals surface area (Å²) in [6, 6.07) is 6.01. The molecule has 0 saturated carbocycles. The Hall–Kier alpha value is -1.31. The van der Waals surface area contributed by atoms with Crippen LogP contribution in [0.5, 0.6) is 0 Å². The molecule has 7 heteroatoms. The lowest BCUT2D eigenvalue weighted by molar-refractivity contribution is 0.544. The average Bonchev–Trinajstić information content (AvgIpc) is 2.80. The van der Waals surface area contributed by atoms with Crippen LogP contribution in [0.1, 0.15) is 4.88 Å². The molecule has 0 radical (unpaired) electrons. The molecule has 0 spiro atoms. The minimum absolute atomic E-state index is 0.135. The number of nitrogens with one attached hydrogen (secondary N) is 1. The summed E-state index contributed by atoms with van der Waals surface area (Å²) in [5, 5.41) is 1.27. The van der Waals surface area contributed by atoms with E-state index in [2.05, 4.69) is 9.71 Å². The summed E-state index contributed by atoms with van der Waals surface area (Å²) in [4.78, 5) is 4.38. The molecule has 17 heavy (non-hydrogen) atoms. The van der Waals surface area contributed by atoms with Crippen LogP contribution in [0.4, 0.5) is 4.39 Å². The molecule has 90 valence electrons. The Morgan fingerprint density at radius 1 is 1.35 bits per heavy atom. The van der Waals surface area contributed by atoms with Crippen LogP contribution in [0.25, 0.3) is 0 Å². The molecule has 0 bridgehead atoms. The molecule has 1 N–H and O–H groups in total. The van der Waals surface area contributed by atoms with Gasteiger partial charge in [-0.05, 0) is 23.6 Å². The van der Waals surface area contributed by atoms with Gasteiger partial charge in [-0.1, -0.05) is 6.07 Å². The number of thiophene rings is 1. The summed E-state index contributed by atoms with van der Waals surface area (Å²) >= 11 is 1.42. The SMILES string of the molecule is O=S(=O)(NCc1cccs1)c1ncccc1F. The highest BCUT2D eigenvalue weighted by Gasteiger charge is 2.19. The second kappa shape index (κ2) is 4.91. The highest BCUT2D eigenvalue weighted by atomic mass is 32.2. The summed E-state index contributed by atoms with van der Waals surface area (Å²) in [6.45, 7) is 0.135. The lowest BCUT2D eigenvalue weighted by Crippen LogP contribution is -2.24. The lowest BCUT2D eigenvalue weighted by atomic mass is 10.5. The maximum Gasteiger partial charge on any atom is 0.261 e. The molecule has 2 heterocycles. The summed E-state index contributed by atoms with van der Waals surface area (Å²) in [5.41, 5.74) is 0. The van der Waals surface area contributed by atoms with E-state index >= 15 is 0 Å². The van der Waals surface area contributed by atoms with Gasteiger partial charge in [0.25, 0.3) is 10.0 Å². The van der Waals surface area contributed by atoms with Gasteiger partial charge in [0.05, 0.1) is 0 Å². The Morgan fingerprint density at radius 3 is 2.82 bits per heavy atom. The van der Waals surface area contributed by atoms with Crippen molar-refractivity contribution in [1.29, 1.82) is 0 Å². The maximum atomic E-state index is 13.3. The smallest absolute Gasteiger partial charge is 0.241 e. The van der Waals surface area contributed by atoms with E-state index in [1.165, 1.54) is 23.6 Å². The quantitative estimate of drug-likeness (QED) is 0.922. The Bertz CT molecular complexity index is 597. The largest absolute Gasteiger partial charge is 0.261 e. The first-order chi connectivity index (χ1) is 8.09. The fraction of sp³-hybridized carbons (Fsp3) is 0.100. The van der Waals surface area contributed by atoms with Crippen molar-refractivity contribution in [1.82, 2.24) is 9.71 Å². The average molecular weight is 272 g/mol. The molecular weight excluding hydrogens is 263 g/mol. The van der Waals surface area contributed by atoms with Crippen molar-refractivity contribution in [2.75, 3.05) is 0 Å². The second-order valence-electron chi connectivity index (χ2n) is 3.19. The zero-order chi connectivity index (χ0) is 12.3. The number of pyridine rings is 1. The number of halogens is 1. The van der Waals surface area contributed by atoms with Gasteiger partial charge in [-0.25, -0.2) is 22.5 Å². The van der Waals surface area contributed by atoms with Crippen molar-refractivity contribution in [2.45, 2.75) is 11.6 Å². The van der Waals surface area contributed by atoms with Gasteiger partial charge in [-0.3, -0.25) is 0 Å². The third-order valence-electron chi connectivity index (χ3n) is 2.00.